The topological polar surface area (TPSA) is 55.1 Å². The van der Waals surface area contributed by atoms with Crippen LogP contribution in [0.15, 0.2) is 18.2 Å². The van der Waals surface area contributed by atoms with Crippen LogP contribution in [0, 0.1) is 12.7 Å². The maximum absolute atomic E-state index is 13.4. The third-order valence-electron chi connectivity index (χ3n) is 3.71. The molecule has 1 saturated carbocycles. The average molecular weight is 287 g/mol. The van der Waals surface area contributed by atoms with Gasteiger partial charge in [-0.15, -0.1) is 12.4 Å². The fourth-order valence-electron chi connectivity index (χ4n) is 2.40. The maximum atomic E-state index is 13.4. The fraction of sp³-hybridized carbons (Fsp3) is 0.500. The van der Waals surface area contributed by atoms with E-state index in [1.54, 1.807) is 19.1 Å². The van der Waals surface area contributed by atoms with Crippen molar-refractivity contribution < 1.29 is 9.18 Å². The van der Waals surface area contributed by atoms with E-state index < -0.39 is 5.54 Å². The SMILES string of the molecule is Cc1c(F)cccc1NC(=O)C1(N)CCCCC1.Cl. The number of carbonyl (C=O) groups is 1. The first-order valence-electron chi connectivity index (χ1n) is 6.38. The summed E-state index contributed by atoms with van der Waals surface area (Å²) < 4.78 is 13.4. The molecule has 0 saturated heterocycles. The molecular weight excluding hydrogens is 267 g/mol. The number of nitrogens with one attached hydrogen (secondary N) is 1. The van der Waals surface area contributed by atoms with Gasteiger partial charge in [0.2, 0.25) is 5.91 Å². The van der Waals surface area contributed by atoms with Gasteiger partial charge >= 0.3 is 0 Å². The molecule has 0 aliphatic heterocycles. The van der Waals surface area contributed by atoms with E-state index >= 15 is 0 Å². The molecule has 2 rings (SSSR count). The van der Waals surface area contributed by atoms with Gasteiger partial charge in [-0.1, -0.05) is 25.3 Å². The lowest BCUT2D eigenvalue weighted by Gasteiger charge is -2.32. The number of anilines is 1. The minimum atomic E-state index is -0.795. The lowest BCUT2D eigenvalue weighted by Crippen LogP contribution is -2.52. The summed E-state index contributed by atoms with van der Waals surface area (Å²) in [6.45, 7) is 1.65. The normalized spacial score (nSPS) is 17.4. The van der Waals surface area contributed by atoms with Crippen LogP contribution in [0.2, 0.25) is 0 Å². The van der Waals surface area contributed by atoms with Gasteiger partial charge < -0.3 is 11.1 Å². The van der Waals surface area contributed by atoms with E-state index in [0.717, 1.165) is 19.3 Å². The highest BCUT2D eigenvalue weighted by molar-refractivity contribution is 5.98. The molecule has 0 heterocycles. The van der Waals surface area contributed by atoms with E-state index in [9.17, 15) is 9.18 Å². The molecule has 1 aliphatic carbocycles. The number of rotatable bonds is 2. The summed E-state index contributed by atoms with van der Waals surface area (Å²) in [6.07, 6.45) is 4.49. The molecule has 5 heteroatoms. The minimum absolute atomic E-state index is 0. The van der Waals surface area contributed by atoms with Gasteiger partial charge in [-0.3, -0.25) is 4.79 Å². The van der Waals surface area contributed by atoms with E-state index in [4.69, 9.17) is 5.73 Å². The Labute approximate surface area is 119 Å². The monoisotopic (exact) mass is 286 g/mol. The fourth-order valence-corrected chi connectivity index (χ4v) is 2.40. The zero-order chi connectivity index (χ0) is 13.2. The summed E-state index contributed by atoms with van der Waals surface area (Å²) in [6, 6.07) is 4.66. The molecule has 0 spiro atoms. The Morgan fingerprint density at radius 1 is 1.32 bits per heavy atom. The quantitative estimate of drug-likeness (QED) is 0.877. The molecule has 0 aromatic heterocycles. The Bertz CT molecular complexity index is 459. The lowest BCUT2D eigenvalue weighted by molar-refractivity contribution is -0.122. The molecule has 1 aliphatic rings. The second-order valence-corrected chi connectivity index (χ2v) is 5.08. The van der Waals surface area contributed by atoms with Gasteiger partial charge in [0.25, 0.3) is 0 Å². The van der Waals surface area contributed by atoms with Gasteiger partial charge in [0, 0.05) is 11.3 Å². The number of carbonyl (C=O) groups excluding carboxylic acids is 1. The highest BCUT2D eigenvalue weighted by Gasteiger charge is 2.35. The molecule has 1 aromatic rings. The molecule has 1 fully saturated rings. The van der Waals surface area contributed by atoms with Gasteiger partial charge in [0.1, 0.15) is 5.82 Å². The molecular formula is C14H20ClFN2O. The van der Waals surface area contributed by atoms with Crippen molar-refractivity contribution in [2.45, 2.75) is 44.6 Å². The highest BCUT2D eigenvalue weighted by atomic mass is 35.5. The van der Waals surface area contributed by atoms with Crippen LogP contribution in [0.1, 0.15) is 37.7 Å². The summed E-state index contributed by atoms with van der Waals surface area (Å²) in [5.41, 5.74) is 6.30. The standard InChI is InChI=1S/C14H19FN2O.ClH/c1-10-11(15)6-5-7-12(10)17-13(18)14(16)8-3-2-4-9-14;/h5-7H,2-4,8-9,16H2,1H3,(H,17,18);1H. The summed E-state index contributed by atoms with van der Waals surface area (Å²) in [7, 11) is 0. The van der Waals surface area contributed by atoms with Crippen molar-refractivity contribution in [2.75, 3.05) is 5.32 Å². The number of hydrogen-bond acceptors (Lipinski definition) is 2. The van der Waals surface area contributed by atoms with Crippen LogP contribution < -0.4 is 11.1 Å². The first-order chi connectivity index (χ1) is 8.53. The maximum Gasteiger partial charge on any atom is 0.244 e. The van der Waals surface area contributed by atoms with Crippen LogP contribution >= 0.6 is 12.4 Å². The van der Waals surface area contributed by atoms with E-state index in [-0.39, 0.29) is 24.1 Å². The third kappa shape index (κ3) is 3.45. The number of nitrogens with two attached hydrogens (primary N) is 1. The zero-order valence-corrected chi connectivity index (χ0v) is 11.9. The molecule has 3 nitrogen and oxygen atoms in total. The Morgan fingerprint density at radius 2 is 1.95 bits per heavy atom. The molecule has 0 bridgehead atoms. The van der Waals surface area contributed by atoms with Crippen molar-refractivity contribution in [2.24, 2.45) is 5.73 Å². The van der Waals surface area contributed by atoms with Gasteiger partial charge in [0.05, 0.1) is 5.54 Å². The number of amides is 1. The first kappa shape index (κ1) is 15.9. The minimum Gasteiger partial charge on any atom is -0.324 e. The average Bonchev–Trinajstić information content (AvgIpc) is 2.36. The van der Waals surface area contributed by atoms with Gasteiger partial charge in [-0.05, 0) is 31.9 Å². The van der Waals surface area contributed by atoms with Crippen LogP contribution in [0.5, 0.6) is 0 Å². The Balaban J connectivity index is 0.00000180. The van der Waals surface area contributed by atoms with Crippen LogP contribution in [0.3, 0.4) is 0 Å². The van der Waals surface area contributed by atoms with Crippen molar-refractivity contribution in [3.63, 3.8) is 0 Å². The predicted molar refractivity (Wildman–Crippen MR) is 77.0 cm³/mol. The molecule has 0 atom stereocenters. The number of hydrogen-bond donors (Lipinski definition) is 2. The van der Waals surface area contributed by atoms with Crippen LogP contribution in [0.4, 0.5) is 10.1 Å². The van der Waals surface area contributed by atoms with Crippen molar-refractivity contribution in [1.29, 1.82) is 0 Å². The Hall–Kier alpha value is -1.13. The van der Waals surface area contributed by atoms with Gasteiger partial charge in [0.15, 0.2) is 0 Å². The van der Waals surface area contributed by atoms with Crippen molar-refractivity contribution in [1.82, 2.24) is 0 Å². The lowest BCUT2D eigenvalue weighted by atomic mass is 9.82. The van der Waals surface area contributed by atoms with Crippen molar-refractivity contribution in [3.05, 3.63) is 29.6 Å². The Morgan fingerprint density at radius 3 is 2.58 bits per heavy atom. The van der Waals surface area contributed by atoms with Crippen molar-refractivity contribution >= 4 is 24.0 Å². The molecule has 19 heavy (non-hydrogen) atoms. The van der Waals surface area contributed by atoms with Crippen LogP contribution in [-0.4, -0.2) is 11.4 Å². The van der Waals surface area contributed by atoms with E-state index in [1.165, 1.54) is 6.07 Å². The van der Waals surface area contributed by atoms with Crippen LogP contribution in [0.25, 0.3) is 0 Å². The van der Waals surface area contributed by atoms with Crippen LogP contribution in [-0.2, 0) is 4.79 Å². The smallest absolute Gasteiger partial charge is 0.244 e. The molecule has 3 N–H and O–H groups in total. The molecule has 0 radical (unpaired) electrons. The summed E-state index contributed by atoms with van der Waals surface area (Å²) in [5.74, 6) is -0.515. The highest BCUT2D eigenvalue weighted by Crippen LogP contribution is 2.28. The molecule has 106 valence electrons. The van der Waals surface area contributed by atoms with Gasteiger partial charge in [-0.2, -0.15) is 0 Å². The summed E-state index contributed by atoms with van der Waals surface area (Å²) in [5, 5.41) is 2.76. The van der Waals surface area contributed by atoms with Gasteiger partial charge in [-0.25, -0.2) is 4.39 Å². The van der Waals surface area contributed by atoms with E-state index in [0.29, 0.717) is 24.1 Å². The zero-order valence-electron chi connectivity index (χ0n) is 11.0. The largest absolute Gasteiger partial charge is 0.324 e. The second-order valence-electron chi connectivity index (χ2n) is 5.08. The molecule has 0 unspecified atom stereocenters. The summed E-state index contributed by atoms with van der Waals surface area (Å²) in [4.78, 5) is 12.2. The van der Waals surface area contributed by atoms with E-state index in [1.807, 2.05) is 0 Å². The first-order valence-corrected chi connectivity index (χ1v) is 6.38. The van der Waals surface area contributed by atoms with Crippen molar-refractivity contribution in [3.8, 4) is 0 Å². The summed E-state index contributed by atoms with van der Waals surface area (Å²) >= 11 is 0. The number of halogens is 2. The second kappa shape index (κ2) is 6.35. The molecule has 1 amide bonds. The molecule has 1 aromatic carbocycles. The van der Waals surface area contributed by atoms with E-state index in [2.05, 4.69) is 5.32 Å². The predicted octanol–water partition coefficient (Wildman–Crippen LogP) is 3.16. The number of benzene rings is 1. The third-order valence-corrected chi connectivity index (χ3v) is 3.71. The Kier molecular flexibility index (Phi) is 5.32.